The molecule has 0 aliphatic heterocycles. The van der Waals surface area contributed by atoms with Crippen molar-refractivity contribution in [2.75, 3.05) is 12.4 Å². The second-order valence-electron chi connectivity index (χ2n) is 3.93. The van der Waals surface area contributed by atoms with Crippen LogP contribution in [0.15, 0.2) is 24.3 Å². The summed E-state index contributed by atoms with van der Waals surface area (Å²) in [5.74, 6) is 1.72. The Morgan fingerprint density at radius 1 is 1.00 bits per heavy atom. The summed E-state index contributed by atoms with van der Waals surface area (Å²) < 4.78 is 5.54. The van der Waals surface area contributed by atoms with Crippen molar-refractivity contribution < 1.29 is 14.8 Å². The van der Waals surface area contributed by atoms with E-state index in [9.17, 15) is 0 Å². The van der Waals surface area contributed by atoms with Gasteiger partial charge in [-0.3, -0.25) is 0 Å². The lowest BCUT2D eigenvalue weighted by molar-refractivity contribution is 0.305. The standard InChI is InChI=1S/C12H19BO3S/c14-13(15)11-5-7-12(8-6-11)16-9-3-1-2-4-10-17/h5-8,14-15,17H,1-4,9-10H2. The van der Waals surface area contributed by atoms with Gasteiger partial charge in [0.25, 0.3) is 0 Å². The molecule has 0 saturated carbocycles. The predicted octanol–water partition coefficient (Wildman–Crippen LogP) is 1.24. The zero-order valence-electron chi connectivity index (χ0n) is 9.88. The second-order valence-corrected chi connectivity index (χ2v) is 4.38. The summed E-state index contributed by atoms with van der Waals surface area (Å²) in [6.45, 7) is 0.702. The van der Waals surface area contributed by atoms with Crippen LogP contribution in [-0.2, 0) is 0 Å². The molecular formula is C12H19BO3S. The Hall–Kier alpha value is -0.645. The average molecular weight is 254 g/mol. The Morgan fingerprint density at radius 2 is 1.65 bits per heavy atom. The summed E-state index contributed by atoms with van der Waals surface area (Å²) in [4.78, 5) is 0. The molecular weight excluding hydrogens is 235 g/mol. The SMILES string of the molecule is OB(O)c1ccc(OCCCCCCS)cc1. The van der Waals surface area contributed by atoms with E-state index in [1.54, 1.807) is 24.3 Å². The molecule has 0 bridgehead atoms. The highest BCUT2D eigenvalue weighted by Gasteiger charge is 2.09. The molecule has 5 heteroatoms. The maximum Gasteiger partial charge on any atom is 0.488 e. The predicted molar refractivity (Wildman–Crippen MR) is 74.1 cm³/mol. The highest BCUT2D eigenvalue weighted by Crippen LogP contribution is 2.09. The van der Waals surface area contributed by atoms with Crippen LogP contribution >= 0.6 is 12.6 Å². The first-order chi connectivity index (χ1) is 8.24. The quantitative estimate of drug-likeness (QED) is 0.371. The third-order valence-corrected chi connectivity index (χ3v) is 2.82. The molecule has 0 fully saturated rings. The Bertz CT molecular complexity index is 303. The van der Waals surface area contributed by atoms with Gasteiger partial charge < -0.3 is 14.8 Å². The average Bonchev–Trinajstić information content (AvgIpc) is 2.34. The number of rotatable bonds is 8. The van der Waals surface area contributed by atoms with Gasteiger partial charge in [0, 0.05) is 0 Å². The Kier molecular flexibility index (Phi) is 7.16. The van der Waals surface area contributed by atoms with Crippen molar-refractivity contribution in [3.05, 3.63) is 24.3 Å². The summed E-state index contributed by atoms with van der Waals surface area (Å²) in [6.07, 6.45) is 4.56. The molecule has 17 heavy (non-hydrogen) atoms. The van der Waals surface area contributed by atoms with Crippen molar-refractivity contribution in [1.29, 1.82) is 0 Å². The van der Waals surface area contributed by atoms with Gasteiger partial charge in [-0.15, -0.1) is 0 Å². The Morgan fingerprint density at radius 3 is 2.24 bits per heavy atom. The molecule has 0 aliphatic rings. The zero-order valence-corrected chi connectivity index (χ0v) is 10.8. The first-order valence-electron chi connectivity index (χ1n) is 5.94. The van der Waals surface area contributed by atoms with E-state index in [1.165, 1.54) is 6.42 Å². The summed E-state index contributed by atoms with van der Waals surface area (Å²) in [5, 5.41) is 17.8. The lowest BCUT2D eigenvalue weighted by atomic mass is 9.80. The van der Waals surface area contributed by atoms with Crippen molar-refractivity contribution in [2.24, 2.45) is 0 Å². The van der Waals surface area contributed by atoms with Gasteiger partial charge in [0.2, 0.25) is 0 Å². The summed E-state index contributed by atoms with van der Waals surface area (Å²) in [5.41, 5.74) is 0.478. The topological polar surface area (TPSA) is 49.7 Å². The maximum absolute atomic E-state index is 8.92. The van der Waals surface area contributed by atoms with E-state index in [4.69, 9.17) is 14.8 Å². The molecule has 0 heterocycles. The Balaban J connectivity index is 2.19. The highest BCUT2D eigenvalue weighted by atomic mass is 32.1. The first-order valence-corrected chi connectivity index (χ1v) is 6.57. The molecule has 0 unspecified atom stereocenters. The van der Waals surface area contributed by atoms with E-state index in [2.05, 4.69) is 12.6 Å². The van der Waals surface area contributed by atoms with Crippen LogP contribution in [0.25, 0.3) is 0 Å². The van der Waals surface area contributed by atoms with Crippen molar-refractivity contribution >= 4 is 25.2 Å². The molecule has 0 saturated heterocycles. The van der Waals surface area contributed by atoms with Gasteiger partial charge in [-0.2, -0.15) is 12.6 Å². The fourth-order valence-electron chi connectivity index (χ4n) is 1.49. The van der Waals surface area contributed by atoms with E-state index in [-0.39, 0.29) is 0 Å². The van der Waals surface area contributed by atoms with E-state index >= 15 is 0 Å². The molecule has 0 aliphatic carbocycles. The molecule has 0 aromatic heterocycles. The van der Waals surface area contributed by atoms with Crippen LogP contribution < -0.4 is 10.2 Å². The van der Waals surface area contributed by atoms with Gasteiger partial charge >= 0.3 is 7.12 Å². The number of hydrogen-bond acceptors (Lipinski definition) is 4. The fraction of sp³-hybridized carbons (Fsp3) is 0.500. The second kappa shape index (κ2) is 8.45. The van der Waals surface area contributed by atoms with Crippen LogP contribution in [0.2, 0.25) is 0 Å². The number of ether oxygens (including phenoxy) is 1. The minimum Gasteiger partial charge on any atom is -0.494 e. The van der Waals surface area contributed by atoms with Gasteiger partial charge in [0.1, 0.15) is 5.75 Å². The molecule has 0 atom stereocenters. The van der Waals surface area contributed by atoms with Gasteiger partial charge in [0.15, 0.2) is 0 Å². The normalized spacial score (nSPS) is 10.3. The smallest absolute Gasteiger partial charge is 0.488 e. The van der Waals surface area contributed by atoms with E-state index in [1.807, 2.05) is 0 Å². The largest absolute Gasteiger partial charge is 0.494 e. The summed E-state index contributed by atoms with van der Waals surface area (Å²) in [6, 6.07) is 6.81. The summed E-state index contributed by atoms with van der Waals surface area (Å²) >= 11 is 4.16. The molecule has 94 valence electrons. The van der Waals surface area contributed by atoms with Gasteiger partial charge in [-0.1, -0.05) is 25.0 Å². The lowest BCUT2D eigenvalue weighted by Gasteiger charge is -2.06. The Labute approximate surface area is 108 Å². The molecule has 0 radical (unpaired) electrons. The van der Waals surface area contributed by atoms with Gasteiger partial charge in [0.05, 0.1) is 6.61 Å². The molecule has 1 aromatic carbocycles. The van der Waals surface area contributed by atoms with Gasteiger partial charge in [-0.05, 0) is 36.2 Å². The number of hydrogen-bond donors (Lipinski definition) is 3. The van der Waals surface area contributed by atoms with Crippen LogP contribution in [0.4, 0.5) is 0 Å². The molecule has 3 nitrogen and oxygen atoms in total. The molecule has 0 spiro atoms. The number of unbranched alkanes of at least 4 members (excludes halogenated alkanes) is 3. The number of benzene rings is 1. The minimum absolute atomic E-state index is 0.478. The van der Waals surface area contributed by atoms with Crippen molar-refractivity contribution in [1.82, 2.24) is 0 Å². The van der Waals surface area contributed by atoms with Crippen LogP contribution in [0.5, 0.6) is 5.75 Å². The monoisotopic (exact) mass is 254 g/mol. The lowest BCUT2D eigenvalue weighted by Crippen LogP contribution is -2.29. The molecule has 2 N–H and O–H groups in total. The van der Waals surface area contributed by atoms with E-state index < -0.39 is 7.12 Å². The van der Waals surface area contributed by atoms with Crippen LogP contribution in [0.3, 0.4) is 0 Å². The molecule has 1 aromatic rings. The maximum atomic E-state index is 8.92. The van der Waals surface area contributed by atoms with Crippen molar-refractivity contribution in [2.45, 2.75) is 25.7 Å². The van der Waals surface area contributed by atoms with E-state index in [0.29, 0.717) is 12.1 Å². The minimum atomic E-state index is -1.41. The molecule has 1 rings (SSSR count). The van der Waals surface area contributed by atoms with E-state index in [0.717, 1.165) is 30.8 Å². The molecule has 0 amide bonds. The fourth-order valence-corrected chi connectivity index (χ4v) is 1.72. The summed E-state index contributed by atoms with van der Waals surface area (Å²) in [7, 11) is -1.41. The van der Waals surface area contributed by atoms with Crippen molar-refractivity contribution in [3.8, 4) is 5.75 Å². The van der Waals surface area contributed by atoms with Crippen molar-refractivity contribution in [3.63, 3.8) is 0 Å². The van der Waals surface area contributed by atoms with Gasteiger partial charge in [-0.25, -0.2) is 0 Å². The highest BCUT2D eigenvalue weighted by molar-refractivity contribution is 7.80. The van der Waals surface area contributed by atoms with Crippen LogP contribution in [0.1, 0.15) is 25.7 Å². The van der Waals surface area contributed by atoms with Crippen LogP contribution in [0, 0.1) is 0 Å². The third kappa shape index (κ3) is 6.01. The zero-order chi connectivity index (χ0) is 12.5. The van der Waals surface area contributed by atoms with Crippen LogP contribution in [-0.4, -0.2) is 29.5 Å². The first kappa shape index (κ1) is 14.4. The third-order valence-electron chi connectivity index (χ3n) is 2.50. The number of thiol groups is 1.